The van der Waals surface area contributed by atoms with Crippen molar-refractivity contribution in [2.75, 3.05) is 20.2 Å². The third-order valence-electron chi connectivity index (χ3n) is 2.80. The Bertz CT molecular complexity index is 260. The summed E-state index contributed by atoms with van der Waals surface area (Å²) in [6.45, 7) is 3.47. The van der Waals surface area contributed by atoms with Gasteiger partial charge in [-0.25, -0.2) is 0 Å². The molecule has 2 heteroatoms. The van der Waals surface area contributed by atoms with E-state index in [2.05, 4.69) is 43.1 Å². The number of likely N-dealkylation sites (N-methyl/N-ethyl adjacent to an activating group) is 1. The zero-order valence-electron chi connectivity index (χ0n) is 9.69. The maximum atomic E-state index is 8.76. The van der Waals surface area contributed by atoms with Crippen molar-refractivity contribution in [2.45, 2.75) is 25.8 Å². The molecule has 1 unspecified atom stereocenters. The Morgan fingerprint density at radius 3 is 2.53 bits per heavy atom. The fourth-order valence-corrected chi connectivity index (χ4v) is 1.65. The largest absolute Gasteiger partial charge is 0.396 e. The molecule has 1 N–H and O–H groups in total. The maximum Gasteiger partial charge on any atom is 0.0443 e. The van der Waals surface area contributed by atoms with Crippen LogP contribution in [0.3, 0.4) is 0 Å². The van der Waals surface area contributed by atoms with Gasteiger partial charge < -0.3 is 10.0 Å². The van der Waals surface area contributed by atoms with Crippen molar-refractivity contribution < 1.29 is 5.11 Å². The standard InChI is InChI=1S/C13H21NO/c1-12(14(2)9-6-10-15)11-13-7-4-3-5-8-13/h3-5,7-8,12,15H,6,9-11H2,1-2H3. The highest BCUT2D eigenvalue weighted by molar-refractivity contribution is 5.15. The van der Waals surface area contributed by atoms with Crippen LogP contribution in [-0.2, 0) is 6.42 Å². The van der Waals surface area contributed by atoms with Crippen molar-refractivity contribution in [3.05, 3.63) is 35.9 Å². The summed E-state index contributed by atoms with van der Waals surface area (Å²) in [6.07, 6.45) is 1.93. The summed E-state index contributed by atoms with van der Waals surface area (Å²) in [5.41, 5.74) is 1.38. The molecule has 0 radical (unpaired) electrons. The molecule has 0 bridgehead atoms. The molecular weight excluding hydrogens is 186 g/mol. The minimum Gasteiger partial charge on any atom is -0.396 e. The van der Waals surface area contributed by atoms with Gasteiger partial charge in [0.05, 0.1) is 0 Å². The van der Waals surface area contributed by atoms with Crippen LogP contribution in [0.1, 0.15) is 18.9 Å². The van der Waals surface area contributed by atoms with E-state index in [1.165, 1.54) is 5.56 Å². The Balaban J connectivity index is 2.38. The monoisotopic (exact) mass is 207 g/mol. The second-order valence-electron chi connectivity index (χ2n) is 4.10. The first kappa shape index (κ1) is 12.2. The second-order valence-corrected chi connectivity index (χ2v) is 4.10. The molecule has 0 aliphatic heterocycles. The third-order valence-corrected chi connectivity index (χ3v) is 2.80. The van der Waals surface area contributed by atoms with Crippen molar-refractivity contribution in [3.8, 4) is 0 Å². The minimum atomic E-state index is 0.280. The summed E-state index contributed by atoms with van der Waals surface area (Å²) in [5, 5.41) is 8.76. The summed E-state index contributed by atoms with van der Waals surface area (Å²) in [4.78, 5) is 2.29. The van der Waals surface area contributed by atoms with Crippen molar-refractivity contribution in [1.82, 2.24) is 4.90 Å². The first-order valence-electron chi connectivity index (χ1n) is 5.59. The average Bonchev–Trinajstić information content (AvgIpc) is 2.27. The number of aliphatic hydroxyl groups is 1. The van der Waals surface area contributed by atoms with E-state index in [4.69, 9.17) is 5.11 Å². The van der Waals surface area contributed by atoms with E-state index in [9.17, 15) is 0 Å². The van der Waals surface area contributed by atoms with Gasteiger partial charge in [0.25, 0.3) is 0 Å². The van der Waals surface area contributed by atoms with Gasteiger partial charge in [0.2, 0.25) is 0 Å². The predicted octanol–water partition coefficient (Wildman–Crippen LogP) is 1.93. The van der Waals surface area contributed by atoms with Gasteiger partial charge in [0.1, 0.15) is 0 Å². The number of benzene rings is 1. The number of aliphatic hydroxyl groups excluding tert-OH is 1. The van der Waals surface area contributed by atoms with Gasteiger partial charge in [-0.15, -0.1) is 0 Å². The highest BCUT2D eigenvalue weighted by atomic mass is 16.3. The van der Waals surface area contributed by atoms with E-state index in [0.717, 1.165) is 19.4 Å². The minimum absolute atomic E-state index is 0.280. The van der Waals surface area contributed by atoms with Gasteiger partial charge in [-0.2, -0.15) is 0 Å². The molecule has 0 fully saturated rings. The Morgan fingerprint density at radius 2 is 1.93 bits per heavy atom. The SMILES string of the molecule is CC(Cc1ccccc1)N(C)CCCO. The van der Waals surface area contributed by atoms with Gasteiger partial charge >= 0.3 is 0 Å². The van der Waals surface area contributed by atoms with Crippen LogP contribution in [0.4, 0.5) is 0 Å². The quantitative estimate of drug-likeness (QED) is 0.770. The van der Waals surface area contributed by atoms with Crippen LogP contribution in [0.2, 0.25) is 0 Å². The van der Waals surface area contributed by atoms with Crippen LogP contribution in [0.15, 0.2) is 30.3 Å². The summed E-state index contributed by atoms with van der Waals surface area (Å²) >= 11 is 0. The molecule has 0 spiro atoms. The molecule has 0 aliphatic rings. The first-order valence-corrected chi connectivity index (χ1v) is 5.59. The lowest BCUT2D eigenvalue weighted by atomic mass is 10.1. The molecule has 0 heterocycles. The van der Waals surface area contributed by atoms with E-state index < -0.39 is 0 Å². The van der Waals surface area contributed by atoms with Crippen molar-refractivity contribution in [1.29, 1.82) is 0 Å². The Kier molecular flexibility index (Phi) is 5.37. The molecule has 1 aromatic rings. The first-order chi connectivity index (χ1) is 7.24. The molecule has 0 aromatic heterocycles. The molecule has 0 amide bonds. The van der Waals surface area contributed by atoms with Crippen LogP contribution >= 0.6 is 0 Å². The van der Waals surface area contributed by atoms with E-state index in [1.54, 1.807) is 0 Å². The van der Waals surface area contributed by atoms with Gasteiger partial charge in [0, 0.05) is 19.2 Å². The highest BCUT2D eigenvalue weighted by Gasteiger charge is 2.08. The smallest absolute Gasteiger partial charge is 0.0443 e. The third kappa shape index (κ3) is 4.45. The van der Waals surface area contributed by atoms with Crippen LogP contribution in [0.5, 0.6) is 0 Å². The number of hydrogen-bond acceptors (Lipinski definition) is 2. The van der Waals surface area contributed by atoms with Gasteiger partial charge in [-0.05, 0) is 32.4 Å². The number of rotatable bonds is 6. The summed E-state index contributed by atoms with van der Waals surface area (Å²) in [7, 11) is 2.11. The average molecular weight is 207 g/mol. The Hall–Kier alpha value is -0.860. The van der Waals surface area contributed by atoms with E-state index in [0.29, 0.717) is 6.04 Å². The molecular formula is C13H21NO. The molecule has 1 atom stereocenters. The number of nitrogens with zero attached hydrogens (tertiary/aromatic N) is 1. The lowest BCUT2D eigenvalue weighted by molar-refractivity contribution is 0.214. The fraction of sp³-hybridized carbons (Fsp3) is 0.538. The van der Waals surface area contributed by atoms with Gasteiger partial charge in [-0.3, -0.25) is 0 Å². The lowest BCUT2D eigenvalue weighted by Crippen LogP contribution is -2.32. The van der Waals surface area contributed by atoms with Crippen molar-refractivity contribution in [3.63, 3.8) is 0 Å². The topological polar surface area (TPSA) is 23.5 Å². The molecule has 1 aromatic carbocycles. The van der Waals surface area contributed by atoms with E-state index in [-0.39, 0.29) is 6.61 Å². The van der Waals surface area contributed by atoms with Crippen molar-refractivity contribution >= 4 is 0 Å². The predicted molar refractivity (Wildman–Crippen MR) is 63.9 cm³/mol. The van der Waals surface area contributed by atoms with Crippen LogP contribution in [-0.4, -0.2) is 36.2 Å². The Labute approximate surface area is 92.5 Å². The molecule has 2 nitrogen and oxygen atoms in total. The summed E-state index contributed by atoms with van der Waals surface area (Å²) in [5.74, 6) is 0. The summed E-state index contributed by atoms with van der Waals surface area (Å²) < 4.78 is 0. The zero-order valence-corrected chi connectivity index (χ0v) is 9.69. The van der Waals surface area contributed by atoms with E-state index >= 15 is 0 Å². The van der Waals surface area contributed by atoms with Crippen molar-refractivity contribution in [2.24, 2.45) is 0 Å². The van der Waals surface area contributed by atoms with Crippen LogP contribution in [0, 0.1) is 0 Å². The molecule has 15 heavy (non-hydrogen) atoms. The highest BCUT2D eigenvalue weighted by Crippen LogP contribution is 2.07. The molecule has 0 aliphatic carbocycles. The fourth-order valence-electron chi connectivity index (χ4n) is 1.65. The van der Waals surface area contributed by atoms with Crippen LogP contribution < -0.4 is 0 Å². The second kappa shape index (κ2) is 6.59. The van der Waals surface area contributed by atoms with Crippen LogP contribution in [0.25, 0.3) is 0 Å². The molecule has 1 rings (SSSR count). The molecule has 0 saturated heterocycles. The lowest BCUT2D eigenvalue weighted by Gasteiger charge is -2.24. The van der Waals surface area contributed by atoms with Gasteiger partial charge in [-0.1, -0.05) is 30.3 Å². The normalized spacial score (nSPS) is 13.1. The number of hydrogen-bond donors (Lipinski definition) is 1. The molecule has 0 saturated carbocycles. The Morgan fingerprint density at radius 1 is 1.27 bits per heavy atom. The van der Waals surface area contributed by atoms with Gasteiger partial charge in [0.15, 0.2) is 0 Å². The summed E-state index contributed by atoms with van der Waals surface area (Å²) in [6, 6.07) is 11.1. The maximum absolute atomic E-state index is 8.76. The van der Waals surface area contributed by atoms with E-state index in [1.807, 2.05) is 6.07 Å². The zero-order chi connectivity index (χ0) is 11.1. The molecule has 84 valence electrons.